The Morgan fingerprint density at radius 1 is 1.13 bits per heavy atom. The molecule has 1 fully saturated rings. The van der Waals surface area contributed by atoms with E-state index in [2.05, 4.69) is 16.4 Å². The molecule has 0 saturated carbocycles. The van der Waals surface area contributed by atoms with Crippen molar-refractivity contribution in [2.24, 2.45) is 0 Å². The molecule has 1 saturated heterocycles. The standard InChI is InChI=1S/C23H20ClN3O3/c1-23(17-8-5-14-3-2-4-16(14)11-17)21(28)27(22(29)26-23)13-20-25-12-19(30-20)15-6-9-18(24)10-7-15/h5-12H,2-4,13H2,1H3,(H,26,29)/t23-/m0/s1. The number of halogens is 1. The summed E-state index contributed by atoms with van der Waals surface area (Å²) < 4.78 is 5.77. The molecule has 1 aliphatic carbocycles. The molecule has 3 amide bonds. The number of fused-ring (bicyclic) bond motifs is 1. The molecule has 3 aromatic rings. The summed E-state index contributed by atoms with van der Waals surface area (Å²) in [5.74, 6) is 0.536. The summed E-state index contributed by atoms with van der Waals surface area (Å²) in [6.07, 6.45) is 4.78. The Bertz CT molecular complexity index is 1150. The second-order valence-electron chi connectivity index (χ2n) is 7.91. The zero-order valence-corrected chi connectivity index (χ0v) is 17.2. The number of oxazole rings is 1. The van der Waals surface area contributed by atoms with E-state index in [1.165, 1.54) is 11.1 Å². The van der Waals surface area contributed by atoms with Crippen LogP contribution in [-0.2, 0) is 29.7 Å². The lowest BCUT2D eigenvalue weighted by atomic mass is 9.90. The van der Waals surface area contributed by atoms with E-state index in [1.54, 1.807) is 25.3 Å². The number of hydrogen-bond donors (Lipinski definition) is 1. The first-order valence-corrected chi connectivity index (χ1v) is 10.3. The average molecular weight is 422 g/mol. The lowest BCUT2D eigenvalue weighted by Gasteiger charge is -2.23. The lowest BCUT2D eigenvalue weighted by molar-refractivity contribution is -0.131. The Morgan fingerprint density at radius 3 is 2.70 bits per heavy atom. The van der Waals surface area contributed by atoms with E-state index in [1.807, 2.05) is 24.3 Å². The highest BCUT2D eigenvalue weighted by Gasteiger charge is 2.49. The maximum atomic E-state index is 13.2. The second-order valence-corrected chi connectivity index (χ2v) is 8.35. The van der Waals surface area contributed by atoms with Crippen LogP contribution >= 0.6 is 11.6 Å². The normalized spacial score (nSPS) is 20.5. The van der Waals surface area contributed by atoms with Crippen molar-refractivity contribution in [1.82, 2.24) is 15.2 Å². The number of hydrogen-bond acceptors (Lipinski definition) is 4. The topological polar surface area (TPSA) is 75.4 Å². The highest BCUT2D eigenvalue weighted by molar-refractivity contribution is 6.30. The fraction of sp³-hybridized carbons (Fsp3) is 0.261. The van der Waals surface area contributed by atoms with Gasteiger partial charge in [0.05, 0.1) is 6.20 Å². The van der Waals surface area contributed by atoms with Gasteiger partial charge in [-0.25, -0.2) is 9.78 Å². The molecule has 2 aliphatic rings. The molecular formula is C23H20ClN3O3. The van der Waals surface area contributed by atoms with Crippen LogP contribution in [-0.4, -0.2) is 21.8 Å². The van der Waals surface area contributed by atoms with Gasteiger partial charge in [0.15, 0.2) is 5.76 Å². The van der Waals surface area contributed by atoms with Gasteiger partial charge >= 0.3 is 6.03 Å². The van der Waals surface area contributed by atoms with Crippen LogP contribution in [0.25, 0.3) is 11.3 Å². The van der Waals surface area contributed by atoms with Gasteiger partial charge in [0.2, 0.25) is 5.89 Å². The summed E-state index contributed by atoms with van der Waals surface area (Å²) in [5, 5.41) is 3.48. The molecule has 0 bridgehead atoms. The van der Waals surface area contributed by atoms with E-state index >= 15 is 0 Å². The Balaban J connectivity index is 1.38. The number of aryl methyl sites for hydroxylation is 2. The van der Waals surface area contributed by atoms with E-state index in [9.17, 15) is 9.59 Å². The van der Waals surface area contributed by atoms with Crippen molar-refractivity contribution >= 4 is 23.5 Å². The van der Waals surface area contributed by atoms with Crippen LogP contribution in [0.2, 0.25) is 5.02 Å². The molecule has 152 valence electrons. The third-order valence-electron chi connectivity index (χ3n) is 5.93. The van der Waals surface area contributed by atoms with Gasteiger partial charge in [-0.2, -0.15) is 0 Å². The minimum Gasteiger partial charge on any atom is -0.439 e. The van der Waals surface area contributed by atoms with Gasteiger partial charge in [0, 0.05) is 10.6 Å². The molecule has 2 heterocycles. The van der Waals surface area contributed by atoms with E-state index in [4.69, 9.17) is 16.0 Å². The van der Waals surface area contributed by atoms with Crippen molar-refractivity contribution in [2.75, 3.05) is 0 Å². The SMILES string of the molecule is C[C@@]1(c2ccc3c(c2)CCC3)NC(=O)N(Cc2ncc(-c3ccc(Cl)cc3)o2)C1=O. The van der Waals surface area contributed by atoms with Crippen LogP contribution in [0.3, 0.4) is 0 Å². The Kier molecular flexibility index (Phi) is 4.40. The maximum absolute atomic E-state index is 13.2. The molecule has 0 spiro atoms. The van der Waals surface area contributed by atoms with Gasteiger partial charge in [0.1, 0.15) is 12.1 Å². The van der Waals surface area contributed by atoms with Crippen molar-refractivity contribution in [2.45, 2.75) is 38.3 Å². The van der Waals surface area contributed by atoms with Crippen molar-refractivity contribution in [3.05, 3.63) is 76.3 Å². The Labute approximate surface area is 178 Å². The van der Waals surface area contributed by atoms with E-state index in [-0.39, 0.29) is 12.5 Å². The van der Waals surface area contributed by atoms with Crippen molar-refractivity contribution < 1.29 is 14.0 Å². The monoisotopic (exact) mass is 421 g/mol. The summed E-state index contributed by atoms with van der Waals surface area (Å²) in [5.41, 5.74) is 3.11. The highest BCUT2D eigenvalue weighted by atomic mass is 35.5. The zero-order chi connectivity index (χ0) is 20.9. The van der Waals surface area contributed by atoms with Crippen molar-refractivity contribution in [3.8, 4) is 11.3 Å². The number of benzene rings is 2. The number of urea groups is 1. The summed E-state index contributed by atoms with van der Waals surface area (Å²) >= 11 is 5.92. The Morgan fingerprint density at radius 2 is 1.90 bits per heavy atom. The minimum atomic E-state index is -1.10. The largest absolute Gasteiger partial charge is 0.439 e. The number of carbonyl (C=O) groups excluding carboxylic acids is 2. The number of nitrogens with one attached hydrogen (secondary N) is 1. The molecule has 1 atom stereocenters. The fourth-order valence-corrected chi connectivity index (χ4v) is 4.31. The predicted molar refractivity (Wildman–Crippen MR) is 112 cm³/mol. The summed E-state index contributed by atoms with van der Waals surface area (Å²) in [6, 6.07) is 12.8. The first kappa shape index (κ1) is 18.9. The van der Waals surface area contributed by atoms with Gasteiger partial charge in [-0.1, -0.05) is 29.8 Å². The third kappa shape index (κ3) is 3.08. The number of imide groups is 1. The summed E-state index contributed by atoms with van der Waals surface area (Å²) in [7, 11) is 0. The predicted octanol–water partition coefficient (Wildman–Crippen LogP) is 4.45. The van der Waals surface area contributed by atoms with Crippen LogP contribution in [0, 0.1) is 0 Å². The molecule has 2 aromatic carbocycles. The molecule has 1 N–H and O–H groups in total. The number of aromatic nitrogens is 1. The fourth-order valence-electron chi connectivity index (χ4n) is 4.19. The number of carbonyl (C=O) groups is 2. The lowest BCUT2D eigenvalue weighted by Crippen LogP contribution is -2.41. The molecule has 0 radical (unpaired) electrons. The van der Waals surface area contributed by atoms with Gasteiger partial charge < -0.3 is 9.73 Å². The molecule has 7 heteroatoms. The molecule has 30 heavy (non-hydrogen) atoms. The van der Waals surface area contributed by atoms with E-state index in [0.29, 0.717) is 16.7 Å². The molecule has 5 rings (SSSR count). The molecule has 1 aromatic heterocycles. The highest BCUT2D eigenvalue weighted by Crippen LogP contribution is 2.33. The van der Waals surface area contributed by atoms with E-state index < -0.39 is 11.6 Å². The number of amides is 3. The van der Waals surface area contributed by atoms with Gasteiger partial charge in [0.25, 0.3) is 5.91 Å². The summed E-state index contributed by atoms with van der Waals surface area (Å²) in [4.78, 5) is 31.3. The summed E-state index contributed by atoms with van der Waals surface area (Å²) in [6.45, 7) is 1.72. The maximum Gasteiger partial charge on any atom is 0.325 e. The first-order valence-electron chi connectivity index (χ1n) is 9.91. The van der Waals surface area contributed by atoms with Crippen LogP contribution in [0.15, 0.2) is 53.1 Å². The number of nitrogens with zero attached hydrogens (tertiary/aromatic N) is 2. The molecule has 0 unspecified atom stereocenters. The van der Waals surface area contributed by atoms with Crippen LogP contribution in [0.5, 0.6) is 0 Å². The first-order chi connectivity index (χ1) is 14.4. The smallest absolute Gasteiger partial charge is 0.325 e. The quantitative estimate of drug-likeness (QED) is 0.631. The van der Waals surface area contributed by atoms with Gasteiger partial charge in [-0.15, -0.1) is 0 Å². The zero-order valence-electron chi connectivity index (χ0n) is 16.4. The van der Waals surface area contributed by atoms with E-state index in [0.717, 1.165) is 35.3 Å². The Hall–Kier alpha value is -3.12. The number of rotatable bonds is 4. The second kappa shape index (κ2) is 6.99. The van der Waals surface area contributed by atoms with Crippen molar-refractivity contribution in [3.63, 3.8) is 0 Å². The molecule has 6 nitrogen and oxygen atoms in total. The van der Waals surface area contributed by atoms with Crippen LogP contribution in [0.1, 0.15) is 35.9 Å². The van der Waals surface area contributed by atoms with Crippen LogP contribution in [0.4, 0.5) is 4.79 Å². The van der Waals surface area contributed by atoms with Crippen molar-refractivity contribution in [1.29, 1.82) is 0 Å². The van der Waals surface area contributed by atoms with Gasteiger partial charge in [-0.05, 0) is 67.1 Å². The van der Waals surface area contributed by atoms with Crippen LogP contribution < -0.4 is 5.32 Å². The average Bonchev–Trinajstić information content (AvgIpc) is 3.44. The third-order valence-corrected chi connectivity index (χ3v) is 6.18. The minimum absolute atomic E-state index is 0.0290. The van der Waals surface area contributed by atoms with Gasteiger partial charge in [-0.3, -0.25) is 9.69 Å². The molecule has 1 aliphatic heterocycles. The molecular weight excluding hydrogens is 402 g/mol.